The number of halogens is 2. The van der Waals surface area contributed by atoms with Gasteiger partial charge in [-0.05, 0) is 44.8 Å². The van der Waals surface area contributed by atoms with E-state index < -0.39 is 0 Å². The van der Waals surface area contributed by atoms with Gasteiger partial charge in [-0.3, -0.25) is 0 Å². The van der Waals surface area contributed by atoms with Crippen LogP contribution < -0.4 is 5.32 Å². The van der Waals surface area contributed by atoms with Crippen molar-refractivity contribution in [3.05, 3.63) is 19.2 Å². The van der Waals surface area contributed by atoms with Crippen LogP contribution in [-0.2, 0) is 5.41 Å². The topological polar surface area (TPSA) is 12.0 Å². The number of rotatable bonds is 5. The molecule has 0 fully saturated rings. The Labute approximate surface area is 119 Å². The first-order chi connectivity index (χ1) is 7.34. The molecule has 1 heterocycles. The van der Waals surface area contributed by atoms with E-state index in [0.717, 1.165) is 17.4 Å². The van der Waals surface area contributed by atoms with E-state index in [4.69, 9.17) is 0 Å². The molecule has 1 aromatic heterocycles. The Balaban J connectivity index is 2.66. The molecule has 0 amide bonds. The van der Waals surface area contributed by atoms with Crippen LogP contribution in [0.2, 0.25) is 0 Å². The molecule has 92 valence electrons. The highest BCUT2D eigenvalue weighted by Gasteiger charge is 2.25. The lowest BCUT2D eigenvalue weighted by Crippen LogP contribution is -2.29. The third kappa shape index (κ3) is 3.83. The number of hydrogen-bond donors (Lipinski definition) is 1. The summed E-state index contributed by atoms with van der Waals surface area (Å²) in [5, 5.41) is 5.63. The van der Waals surface area contributed by atoms with Gasteiger partial charge in [-0.25, -0.2) is 0 Å². The fourth-order valence-electron chi connectivity index (χ4n) is 1.57. The van der Waals surface area contributed by atoms with Crippen molar-refractivity contribution in [2.75, 3.05) is 6.54 Å². The summed E-state index contributed by atoms with van der Waals surface area (Å²) in [6.07, 6.45) is 1.15. The van der Waals surface area contributed by atoms with Gasteiger partial charge in [0, 0.05) is 30.7 Å². The van der Waals surface area contributed by atoms with Crippen molar-refractivity contribution in [3.8, 4) is 0 Å². The van der Waals surface area contributed by atoms with Crippen molar-refractivity contribution in [1.29, 1.82) is 0 Å². The van der Waals surface area contributed by atoms with Crippen LogP contribution in [0.4, 0.5) is 0 Å². The fraction of sp³-hybridized carbons (Fsp3) is 0.667. The summed E-state index contributed by atoms with van der Waals surface area (Å²) in [5.74, 6) is 0. The Bertz CT molecular complexity index is 345. The van der Waals surface area contributed by atoms with Crippen LogP contribution in [0.5, 0.6) is 0 Å². The summed E-state index contributed by atoms with van der Waals surface area (Å²) >= 11 is 9.02. The highest BCUT2D eigenvalue weighted by Crippen LogP contribution is 2.41. The second-order valence-corrected chi connectivity index (χ2v) is 7.50. The van der Waals surface area contributed by atoms with Crippen LogP contribution in [0.1, 0.15) is 39.0 Å². The Hall–Kier alpha value is 0.620. The lowest BCUT2D eigenvalue weighted by molar-refractivity contribution is 0.446. The predicted octanol–water partition coefficient (Wildman–Crippen LogP) is 4.94. The van der Waals surface area contributed by atoms with Gasteiger partial charge in [0.1, 0.15) is 0 Å². The van der Waals surface area contributed by atoms with Crippen LogP contribution in [0, 0.1) is 0 Å². The molecule has 0 saturated carbocycles. The molecule has 0 aromatic carbocycles. The predicted molar refractivity (Wildman–Crippen MR) is 80.5 cm³/mol. The van der Waals surface area contributed by atoms with E-state index in [9.17, 15) is 0 Å². The molecule has 0 spiro atoms. The summed E-state index contributed by atoms with van der Waals surface area (Å²) in [6, 6.07) is 0.564. The number of hydrogen-bond acceptors (Lipinski definition) is 2. The van der Waals surface area contributed by atoms with Gasteiger partial charge in [-0.15, -0.1) is 11.3 Å². The van der Waals surface area contributed by atoms with Crippen molar-refractivity contribution in [3.63, 3.8) is 0 Å². The molecule has 0 radical (unpaired) electrons. The highest BCUT2D eigenvalue weighted by atomic mass is 79.9. The minimum atomic E-state index is 0.220. The zero-order chi connectivity index (χ0) is 12.3. The molecule has 0 aliphatic carbocycles. The van der Waals surface area contributed by atoms with Crippen molar-refractivity contribution in [2.24, 2.45) is 0 Å². The molecule has 1 N–H and O–H groups in total. The van der Waals surface area contributed by atoms with Gasteiger partial charge in [0.2, 0.25) is 0 Å². The summed E-state index contributed by atoms with van der Waals surface area (Å²) in [7, 11) is 0. The molecule has 1 nitrogen and oxygen atoms in total. The van der Waals surface area contributed by atoms with Crippen LogP contribution in [0.15, 0.2) is 14.3 Å². The molecule has 0 bridgehead atoms. The maximum Gasteiger partial charge on any atom is 0.0462 e. The Morgan fingerprint density at radius 1 is 1.38 bits per heavy atom. The second kappa shape index (κ2) is 5.98. The largest absolute Gasteiger partial charge is 0.315 e. The van der Waals surface area contributed by atoms with Crippen LogP contribution in [-0.4, -0.2) is 12.6 Å². The lowest BCUT2D eigenvalue weighted by Gasteiger charge is -2.25. The standard InChI is InChI=1S/C12H19Br2NS/c1-8(2)15-6-5-12(3,4)11-10(14)9(13)7-16-11/h7-8,15H,5-6H2,1-4H3. The van der Waals surface area contributed by atoms with Gasteiger partial charge in [0.15, 0.2) is 0 Å². The van der Waals surface area contributed by atoms with Gasteiger partial charge >= 0.3 is 0 Å². The van der Waals surface area contributed by atoms with Gasteiger partial charge in [-0.1, -0.05) is 27.7 Å². The molecule has 4 heteroatoms. The van der Waals surface area contributed by atoms with Crippen LogP contribution in [0.25, 0.3) is 0 Å². The quantitative estimate of drug-likeness (QED) is 0.776. The number of nitrogens with one attached hydrogen (secondary N) is 1. The van der Waals surface area contributed by atoms with E-state index in [-0.39, 0.29) is 5.41 Å². The molecule has 0 aliphatic heterocycles. The minimum absolute atomic E-state index is 0.220. The van der Waals surface area contributed by atoms with Gasteiger partial charge in [0.25, 0.3) is 0 Å². The summed E-state index contributed by atoms with van der Waals surface area (Å²) in [6.45, 7) is 10.0. The zero-order valence-electron chi connectivity index (χ0n) is 10.2. The second-order valence-electron chi connectivity index (χ2n) is 4.97. The van der Waals surface area contributed by atoms with Crippen molar-refractivity contribution in [2.45, 2.75) is 45.6 Å². The molecule has 0 saturated heterocycles. The van der Waals surface area contributed by atoms with Gasteiger partial charge in [-0.2, -0.15) is 0 Å². The first-order valence-corrected chi connectivity index (χ1v) is 7.97. The lowest BCUT2D eigenvalue weighted by atomic mass is 9.87. The Morgan fingerprint density at radius 3 is 2.44 bits per heavy atom. The molecular weight excluding hydrogens is 350 g/mol. The molecule has 0 atom stereocenters. The molecular formula is C12H19Br2NS. The van der Waals surface area contributed by atoms with Gasteiger partial charge in [0.05, 0.1) is 0 Å². The fourth-order valence-corrected chi connectivity index (χ4v) is 4.23. The molecule has 0 unspecified atom stereocenters. The van der Waals surface area contributed by atoms with E-state index in [2.05, 4.69) is 70.3 Å². The average Bonchev–Trinajstić information content (AvgIpc) is 2.47. The van der Waals surface area contributed by atoms with Crippen molar-refractivity contribution < 1.29 is 0 Å². The zero-order valence-corrected chi connectivity index (χ0v) is 14.2. The summed E-state index contributed by atoms with van der Waals surface area (Å²) in [4.78, 5) is 1.42. The normalized spacial score (nSPS) is 12.4. The summed E-state index contributed by atoms with van der Waals surface area (Å²) in [5.41, 5.74) is 0.220. The number of thiophene rings is 1. The van der Waals surface area contributed by atoms with Gasteiger partial charge < -0.3 is 5.32 Å². The van der Waals surface area contributed by atoms with E-state index in [1.165, 1.54) is 9.35 Å². The first kappa shape index (κ1) is 14.7. The molecule has 16 heavy (non-hydrogen) atoms. The third-order valence-corrected chi connectivity index (χ3v) is 6.50. The monoisotopic (exact) mass is 367 g/mol. The first-order valence-electron chi connectivity index (χ1n) is 5.51. The van der Waals surface area contributed by atoms with Crippen molar-refractivity contribution >= 4 is 43.2 Å². The summed E-state index contributed by atoms with van der Waals surface area (Å²) < 4.78 is 2.38. The van der Waals surface area contributed by atoms with E-state index in [0.29, 0.717) is 6.04 Å². The Morgan fingerprint density at radius 2 is 2.00 bits per heavy atom. The molecule has 1 aromatic rings. The van der Waals surface area contributed by atoms with E-state index >= 15 is 0 Å². The maximum atomic E-state index is 3.65. The Kier molecular flexibility index (Phi) is 5.49. The average molecular weight is 369 g/mol. The van der Waals surface area contributed by atoms with Crippen LogP contribution >= 0.6 is 43.2 Å². The SMILES string of the molecule is CC(C)NCCC(C)(C)c1scc(Br)c1Br. The van der Waals surface area contributed by atoms with E-state index in [1.807, 2.05) is 11.3 Å². The smallest absolute Gasteiger partial charge is 0.0462 e. The molecule has 1 rings (SSSR count). The van der Waals surface area contributed by atoms with Crippen molar-refractivity contribution in [1.82, 2.24) is 5.32 Å². The molecule has 0 aliphatic rings. The highest BCUT2D eigenvalue weighted by molar-refractivity contribution is 9.13. The van der Waals surface area contributed by atoms with E-state index in [1.54, 1.807) is 0 Å². The third-order valence-electron chi connectivity index (χ3n) is 2.61. The van der Waals surface area contributed by atoms with Crippen LogP contribution in [0.3, 0.4) is 0 Å². The maximum absolute atomic E-state index is 3.65. The minimum Gasteiger partial charge on any atom is -0.315 e.